The number of halogens is 1. The number of fused-ring (bicyclic) bond motifs is 1. The first kappa shape index (κ1) is 20.2. The second kappa shape index (κ2) is 8.31. The van der Waals surface area contributed by atoms with Gasteiger partial charge in [0.15, 0.2) is 11.6 Å². The van der Waals surface area contributed by atoms with E-state index in [1.54, 1.807) is 0 Å². The number of hydrogen-bond acceptors (Lipinski definition) is 5. The van der Waals surface area contributed by atoms with E-state index in [1.165, 1.54) is 0 Å². The van der Waals surface area contributed by atoms with Crippen LogP contribution in [0.25, 0.3) is 10.9 Å². The van der Waals surface area contributed by atoms with Gasteiger partial charge in [0.2, 0.25) is 0 Å². The molecule has 1 aliphatic carbocycles. The SMILES string of the molecule is CN[C@H]1CCCC[C@H]1Nc1nc(Nc2cccc3c2ccn3C)c(C(N)=O)cc1F. The molecule has 0 aliphatic heterocycles. The van der Waals surface area contributed by atoms with Gasteiger partial charge < -0.3 is 26.3 Å². The first-order valence-corrected chi connectivity index (χ1v) is 10.2. The molecule has 5 N–H and O–H groups in total. The van der Waals surface area contributed by atoms with E-state index in [1.807, 2.05) is 49.1 Å². The second-order valence-corrected chi connectivity index (χ2v) is 7.80. The number of benzene rings is 1. The van der Waals surface area contributed by atoms with Crippen LogP contribution < -0.4 is 21.7 Å². The highest BCUT2D eigenvalue weighted by atomic mass is 19.1. The molecule has 30 heavy (non-hydrogen) atoms. The zero-order valence-electron chi connectivity index (χ0n) is 17.2. The van der Waals surface area contributed by atoms with Gasteiger partial charge in [-0.25, -0.2) is 9.37 Å². The zero-order valence-corrected chi connectivity index (χ0v) is 17.2. The molecule has 2 aromatic heterocycles. The van der Waals surface area contributed by atoms with Crippen molar-refractivity contribution in [3.63, 3.8) is 0 Å². The molecule has 0 bridgehead atoms. The van der Waals surface area contributed by atoms with Crippen LogP contribution in [0.3, 0.4) is 0 Å². The van der Waals surface area contributed by atoms with E-state index in [4.69, 9.17) is 5.73 Å². The van der Waals surface area contributed by atoms with Crippen molar-refractivity contribution in [2.24, 2.45) is 12.8 Å². The lowest BCUT2D eigenvalue weighted by Crippen LogP contribution is -2.45. The molecule has 1 amide bonds. The summed E-state index contributed by atoms with van der Waals surface area (Å²) in [5, 5.41) is 10.7. The van der Waals surface area contributed by atoms with E-state index in [2.05, 4.69) is 20.9 Å². The first-order valence-electron chi connectivity index (χ1n) is 10.2. The predicted octanol–water partition coefficient (Wildman–Crippen LogP) is 3.50. The van der Waals surface area contributed by atoms with E-state index in [0.717, 1.165) is 48.3 Å². The van der Waals surface area contributed by atoms with Crippen LogP contribution in [0.1, 0.15) is 36.0 Å². The fourth-order valence-corrected chi connectivity index (χ4v) is 4.24. The topological polar surface area (TPSA) is 97.0 Å². The molecule has 4 rings (SSSR count). The number of nitrogens with two attached hydrogens (primary N) is 1. The number of hydrogen-bond donors (Lipinski definition) is 4. The van der Waals surface area contributed by atoms with Crippen LogP contribution in [0, 0.1) is 5.82 Å². The number of nitrogens with one attached hydrogen (secondary N) is 3. The van der Waals surface area contributed by atoms with Gasteiger partial charge in [0.25, 0.3) is 5.91 Å². The summed E-state index contributed by atoms with van der Waals surface area (Å²) in [7, 11) is 3.87. The van der Waals surface area contributed by atoms with Crippen LogP contribution in [0.2, 0.25) is 0 Å². The number of nitrogens with zero attached hydrogens (tertiary/aromatic N) is 2. The molecule has 7 nitrogen and oxygen atoms in total. The normalized spacial score (nSPS) is 19.0. The summed E-state index contributed by atoms with van der Waals surface area (Å²) >= 11 is 0. The fourth-order valence-electron chi connectivity index (χ4n) is 4.24. The quantitative estimate of drug-likeness (QED) is 0.499. The minimum Gasteiger partial charge on any atom is -0.365 e. The summed E-state index contributed by atoms with van der Waals surface area (Å²) in [5.74, 6) is -0.969. The van der Waals surface area contributed by atoms with Crippen LogP contribution in [-0.2, 0) is 7.05 Å². The summed E-state index contributed by atoms with van der Waals surface area (Å²) in [6.45, 7) is 0. The van der Waals surface area contributed by atoms with Gasteiger partial charge in [-0.2, -0.15) is 0 Å². The Labute approximate surface area is 174 Å². The van der Waals surface area contributed by atoms with Gasteiger partial charge in [0.1, 0.15) is 5.82 Å². The molecule has 0 spiro atoms. The molecule has 2 atom stereocenters. The molecule has 1 aromatic carbocycles. The highest BCUT2D eigenvalue weighted by molar-refractivity contribution is 6.01. The van der Waals surface area contributed by atoms with Crippen LogP contribution >= 0.6 is 0 Å². The lowest BCUT2D eigenvalue weighted by molar-refractivity contribution is 0.100. The largest absolute Gasteiger partial charge is 0.365 e. The van der Waals surface area contributed by atoms with E-state index < -0.39 is 11.7 Å². The summed E-state index contributed by atoms with van der Waals surface area (Å²) in [6, 6.07) is 9.24. The fraction of sp³-hybridized carbons (Fsp3) is 0.364. The van der Waals surface area contributed by atoms with Gasteiger partial charge in [-0.3, -0.25) is 4.79 Å². The molecule has 158 valence electrons. The monoisotopic (exact) mass is 410 g/mol. The number of anilines is 3. The Bertz CT molecular complexity index is 1080. The third-order valence-electron chi connectivity index (χ3n) is 5.88. The molecule has 0 unspecified atom stereocenters. The van der Waals surface area contributed by atoms with Crippen molar-refractivity contribution in [3.05, 3.63) is 47.9 Å². The van der Waals surface area contributed by atoms with Crippen molar-refractivity contribution in [1.82, 2.24) is 14.9 Å². The maximum atomic E-state index is 14.8. The highest BCUT2D eigenvalue weighted by Gasteiger charge is 2.26. The Kier molecular flexibility index (Phi) is 5.59. The summed E-state index contributed by atoms with van der Waals surface area (Å²) in [5.41, 5.74) is 7.32. The number of carbonyl (C=O) groups is 1. The van der Waals surface area contributed by atoms with Gasteiger partial charge in [-0.15, -0.1) is 0 Å². The standard InChI is InChI=1S/C22H27FN6O/c1-25-17-6-3-4-7-18(17)27-22-15(23)12-14(20(24)30)21(28-22)26-16-8-5-9-19-13(16)10-11-29(19)2/h5,8-12,17-18,25H,3-4,6-7H2,1-2H3,(H2,24,30)(H2,26,27,28)/t17-,18+/m0/s1. The number of likely N-dealkylation sites (N-methyl/N-ethyl adjacent to an activating group) is 1. The van der Waals surface area contributed by atoms with Gasteiger partial charge in [0.05, 0.1) is 5.56 Å². The Hall–Kier alpha value is -3.13. The minimum absolute atomic E-state index is 0.0137. The molecule has 0 radical (unpaired) electrons. The van der Waals surface area contributed by atoms with Crippen molar-refractivity contribution in [3.8, 4) is 0 Å². The second-order valence-electron chi connectivity index (χ2n) is 7.80. The van der Waals surface area contributed by atoms with Crippen molar-refractivity contribution >= 4 is 34.1 Å². The number of rotatable bonds is 6. The average Bonchev–Trinajstić information content (AvgIpc) is 3.12. The average molecular weight is 410 g/mol. The third-order valence-corrected chi connectivity index (χ3v) is 5.88. The lowest BCUT2D eigenvalue weighted by atomic mass is 9.90. The maximum absolute atomic E-state index is 14.8. The molecular weight excluding hydrogens is 383 g/mol. The van der Waals surface area contributed by atoms with Crippen LogP contribution in [0.15, 0.2) is 36.5 Å². The van der Waals surface area contributed by atoms with Crippen molar-refractivity contribution < 1.29 is 9.18 Å². The molecular formula is C22H27FN6O. The minimum atomic E-state index is -0.735. The van der Waals surface area contributed by atoms with Crippen molar-refractivity contribution in [2.45, 2.75) is 37.8 Å². The van der Waals surface area contributed by atoms with Crippen LogP contribution in [0.5, 0.6) is 0 Å². The molecule has 0 saturated heterocycles. The number of aromatic nitrogens is 2. The Morgan fingerprint density at radius 1 is 1.20 bits per heavy atom. The zero-order chi connectivity index (χ0) is 21.3. The molecule has 3 aromatic rings. The Balaban J connectivity index is 1.70. The van der Waals surface area contributed by atoms with E-state index in [0.29, 0.717) is 0 Å². The predicted molar refractivity (Wildman–Crippen MR) is 118 cm³/mol. The molecule has 8 heteroatoms. The number of primary amides is 1. The third kappa shape index (κ3) is 3.82. The summed E-state index contributed by atoms with van der Waals surface area (Å²) in [6.07, 6.45) is 6.13. The summed E-state index contributed by atoms with van der Waals surface area (Å²) in [4.78, 5) is 16.4. The van der Waals surface area contributed by atoms with Gasteiger partial charge in [0, 0.05) is 41.9 Å². The van der Waals surface area contributed by atoms with E-state index in [9.17, 15) is 9.18 Å². The van der Waals surface area contributed by atoms with Crippen molar-refractivity contribution in [2.75, 3.05) is 17.7 Å². The Morgan fingerprint density at radius 3 is 2.70 bits per heavy atom. The van der Waals surface area contributed by atoms with Crippen molar-refractivity contribution in [1.29, 1.82) is 0 Å². The number of amides is 1. The van der Waals surface area contributed by atoms with Crippen LogP contribution in [-0.4, -0.2) is 34.6 Å². The lowest BCUT2D eigenvalue weighted by Gasteiger charge is -2.32. The molecule has 2 heterocycles. The first-order chi connectivity index (χ1) is 14.5. The highest BCUT2D eigenvalue weighted by Crippen LogP contribution is 2.30. The number of pyridine rings is 1. The molecule has 1 fully saturated rings. The smallest absolute Gasteiger partial charge is 0.252 e. The Morgan fingerprint density at radius 2 is 1.97 bits per heavy atom. The van der Waals surface area contributed by atoms with Gasteiger partial charge in [-0.05, 0) is 44.2 Å². The molecule has 1 aliphatic rings. The number of aryl methyl sites for hydroxylation is 1. The molecule has 1 saturated carbocycles. The van der Waals surface area contributed by atoms with E-state index >= 15 is 0 Å². The van der Waals surface area contributed by atoms with Crippen LogP contribution in [0.4, 0.5) is 21.7 Å². The van der Waals surface area contributed by atoms with Gasteiger partial charge in [-0.1, -0.05) is 18.9 Å². The van der Waals surface area contributed by atoms with E-state index in [-0.39, 0.29) is 29.3 Å². The van der Waals surface area contributed by atoms with Gasteiger partial charge >= 0.3 is 0 Å². The number of carbonyl (C=O) groups excluding carboxylic acids is 1. The summed E-state index contributed by atoms with van der Waals surface area (Å²) < 4.78 is 16.8. The maximum Gasteiger partial charge on any atom is 0.252 e.